The van der Waals surface area contributed by atoms with Crippen molar-refractivity contribution in [2.45, 2.75) is 117 Å². The third kappa shape index (κ3) is 857. The number of rotatable bonds is 3. The van der Waals surface area contributed by atoms with Gasteiger partial charge in [-0.3, -0.25) is 4.93 Å². The van der Waals surface area contributed by atoms with Crippen molar-refractivity contribution in [2.24, 2.45) is 0 Å². The minimum Gasteiger partial charge on any atom is -0.400 e. The third-order valence-corrected chi connectivity index (χ3v) is 1.28. The molecule has 0 rings (SSSR count). The maximum absolute atomic E-state index is 9.81. The van der Waals surface area contributed by atoms with E-state index in [0.29, 0.717) is 12.8 Å². The van der Waals surface area contributed by atoms with E-state index < -0.39 is 0 Å². The Morgan fingerprint density at radius 2 is 0.788 bits per heavy atom. The van der Waals surface area contributed by atoms with Gasteiger partial charge in [0, 0.05) is 77.4 Å². The monoisotopic (exact) mass is 676 g/mol. The van der Waals surface area contributed by atoms with Gasteiger partial charge >= 0.3 is 0 Å². The number of Topliss-reactive ketones (excluding diaryl/α,β-unsaturated/α-hetero) is 2. The van der Waals surface area contributed by atoms with Gasteiger partial charge in [-0.15, -0.1) is 0 Å². The van der Waals surface area contributed by atoms with Crippen molar-refractivity contribution in [3.05, 3.63) is 12.4 Å². The van der Waals surface area contributed by atoms with Crippen LogP contribution < -0.4 is 0 Å². The first-order valence-electron chi connectivity index (χ1n) is 9.50. The van der Waals surface area contributed by atoms with Gasteiger partial charge < -0.3 is 54.6 Å². The van der Waals surface area contributed by atoms with Crippen LogP contribution in [0.25, 0.3) is 0 Å². The van der Waals surface area contributed by atoms with Crippen molar-refractivity contribution in [2.75, 3.05) is 27.4 Å². The molecule has 0 aliphatic rings. The van der Waals surface area contributed by atoms with Crippen molar-refractivity contribution in [1.82, 2.24) is 0 Å². The minimum atomic E-state index is 0. The van der Waals surface area contributed by atoms with E-state index in [1.807, 2.05) is 43.4 Å². The van der Waals surface area contributed by atoms with Crippen LogP contribution in [-0.2, 0) is 51.4 Å². The van der Waals surface area contributed by atoms with Crippen molar-refractivity contribution in [3.8, 4) is 0 Å². The number of aliphatic hydroxyl groups is 2. The Labute approximate surface area is 251 Å². The molecule has 0 spiro atoms. The molecule has 0 aliphatic heterocycles. The Morgan fingerprint density at radius 1 is 0.727 bits per heavy atom. The Balaban J connectivity index is -0.0000000103. The molecule has 8 heteroatoms. The molecule has 0 saturated carbocycles. The number of ketones is 2. The van der Waals surface area contributed by atoms with E-state index in [0.717, 1.165) is 13.7 Å². The van der Waals surface area contributed by atoms with Crippen LogP contribution >= 0.6 is 22.6 Å². The average Bonchev–Trinajstić information content (AvgIpc) is 2.67. The molecule has 2 radical (unpaired) electrons. The average molecular weight is 677 g/mol. The number of hydrogen-bond donors (Lipinski definition) is 2. The standard InChI is InChI=1S/2C4H8O.C3H8O.2C3H8.C2H6O.CH2I.CH4O.3CH4.CH3.2V/c2*1-3-4(2)5;1-3-4-2;2*1-3-2;1-2-3;2*1-2;;;;;;/h2*3H2,1-2H3;3H2,1-2H3;2*3H2,1-2H3;3H,2H2,1H3;1H2;2H,1H3;3*1H4;1H3;;/q;;;;;;-1;;;;;-1;;. The van der Waals surface area contributed by atoms with Crippen molar-refractivity contribution in [3.63, 3.8) is 0 Å². The van der Waals surface area contributed by atoms with Crippen LogP contribution in [0, 0.1) is 12.4 Å². The second-order valence-corrected chi connectivity index (χ2v) is 4.42. The Bertz CT molecular complexity index is 169. The normalized spacial score (nSPS) is 5.21. The third-order valence-electron chi connectivity index (χ3n) is 1.28. The minimum absolute atomic E-state index is 0. The first-order valence-corrected chi connectivity index (χ1v) is 11.0. The number of halogens is 1. The molecule has 0 unspecified atom stereocenters. The Kier molecular flexibility index (Phi) is 480. The van der Waals surface area contributed by atoms with Crippen LogP contribution in [-0.4, -0.2) is 49.2 Å². The number of ether oxygens (including phenoxy) is 1. The van der Waals surface area contributed by atoms with E-state index in [2.05, 4.69) is 37.4 Å². The van der Waals surface area contributed by atoms with Gasteiger partial charge in [0.25, 0.3) is 0 Å². The number of hydrogen-bond acceptors (Lipinski definition) is 5. The van der Waals surface area contributed by atoms with Gasteiger partial charge in [-0.05, 0) is 27.7 Å². The van der Waals surface area contributed by atoms with Gasteiger partial charge in [-0.1, -0.05) is 76.7 Å². The summed E-state index contributed by atoms with van der Waals surface area (Å²) < 4.78 is 4.54. The predicted octanol–water partition coefficient (Wildman–Crippen LogP) is 8.63. The Morgan fingerprint density at radius 3 is 0.788 bits per heavy atom. The van der Waals surface area contributed by atoms with Crippen LogP contribution in [0.3, 0.4) is 0 Å². The second kappa shape index (κ2) is 171. The molecular formula is C25H67IO5V2-2. The van der Waals surface area contributed by atoms with Crippen molar-refractivity contribution in [1.29, 1.82) is 0 Å². The molecule has 216 valence electrons. The zero-order valence-corrected chi connectivity index (χ0v) is 27.3. The van der Waals surface area contributed by atoms with Gasteiger partial charge in [-0.2, -0.15) is 0 Å². The van der Waals surface area contributed by atoms with Crippen LogP contribution in [0.4, 0.5) is 0 Å². The zero-order chi connectivity index (χ0) is 24.1. The van der Waals surface area contributed by atoms with Crippen LogP contribution in [0.1, 0.15) is 117 Å². The summed E-state index contributed by atoms with van der Waals surface area (Å²) in [5, 5.41) is 14.6. The van der Waals surface area contributed by atoms with Crippen LogP contribution in [0.15, 0.2) is 0 Å². The predicted molar refractivity (Wildman–Crippen MR) is 158 cm³/mol. The molecule has 0 amide bonds. The van der Waals surface area contributed by atoms with Gasteiger partial charge in [0.2, 0.25) is 0 Å². The quantitative estimate of drug-likeness (QED) is 0.231. The number of methoxy groups -OCH3 is 1. The smallest absolute Gasteiger partial charge is 0.129 e. The summed E-state index contributed by atoms with van der Waals surface area (Å²) in [6.07, 6.45) is 3.83. The molecule has 0 aromatic carbocycles. The van der Waals surface area contributed by atoms with Gasteiger partial charge in [0.1, 0.15) is 11.6 Å². The molecule has 33 heavy (non-hydrogen) atoms. The fraction of sp³-hybridized carbons (Fsp3) is 0.840. The molecule has 0 aromatic heterocycles. The summed E-state index contributed by atoms with van der Waals surface area (Å²) in [5.41, 5.74) is 0. The van der Waals surface area contributed by atoms with Gasteiger partial charge in [0.05, 0.1) is 0 Å². The maximum atomic E-state index is 9.81. The summed E-state index contributed by atoms with van der Waals surface area (Å²) in [6, 6.07) is 0. The number of carbonyl (C=O) groups is 2. The summed E-state index contributed by atoms with van der Waals surface area (Å²) >= 11 is 1.90. The van der Waals surface area contributed by atoms with Crippen molar-refractivity contribution < 1.29 is 61.7 Å². The summed E-state index contributed by atoms with van der Waals surface area (Å²) in [6.45, 7) is 20.1. The number of carbonyl (C=O) groups excluding carboxylic acids is 2. The molecule has 0 heterocycles. The zero-order valence-electron chi connectivity index (χ0n) is 22.3. The Hall–Kier alpha value is 1.12. The molecule has 0 fully saturated rings. The number of aliphatic hydroxyl groups excluding tert-OH is 2. The molecular weight excluding hydrogens is 609 g/mol. The summed E-state index contributed by atoms with van der Waals surface area (Å²) in [7, 11) is 2.68. The molecule has 2 N–H and O–H groups in total. The van der Waals surface area contributed by atoms with Gasteiger partial charge in [-0.25, -0.2) is 0 Å². The first kappa shape index (κ1) is 92.5. The van der Waals surface area contributed by atoms with E-state index in [9.17, 15) is 9.59 Å². The van der Waals surface area contributed by atoms with E-state index in [1.54, 1.807) is 27.9 Å². The first-order chi connectivity index (χ1) is 12.7. The summed E-state index contributed by atoms with van der Waals surface area (Å²) in [4.78, 5) is 22.8. The molecule has 0 bridgehead atoms. The maximum Gasteiger partial charge on any atom is 0.129 e. The topological polar surface area (TPSA) is 83.8 Å². The van der Waals surface area contributed by atoms with E-state index in [4.69, 9.17) is 10.2 Å². The van der Waals surface area contributed by atoms with E-state index >= 15 is 0 Å². The van der Waals surface area contributed by atoms with E-state index in [1.165, 1.54) is 12.8 Å². The SMILES string of the molecule is C.C.C.CCC.CCC.CCC(C)=O.CCC(C)=O.CCO.CCOC.CO.[CH2-]I.[CH3-].[V].[V]. The fourth-order valence-electron chi connectivity index (χ4n) is 0. The van der Waals surface area contributed by atoms with Crippen LogP contribution in [0.5, 0.6) is 0 Å². The van der Waals surface area contributed by atoms with Crippen LogP contribution in [0.2, 0.25) is 0 Å². The fourth-order valence-corrected chi connectivity index (χ4v) is 0. The molecule has 0 atom stereocenters. The van der Waals surface area contributed by atoms with Gasteiger partial charge in [0.15, 0.2) is 0 Å². The molecule has 0 saturated heterocycles. The van der Waals surface area contributed by atoms with E-state index in [-0.39, 0.29) is 85.0 Å². The second-order valence-electron chi connectivity index (χ2n) is 4.42. The molecule has 0 aromatic rings. The molecule has 5 nitrogen and oxygen atoms in total. The summed E-state index contributed by atoms with van der Waals surface area (Å²) in [5.74, 6) is 0.509. The largest absolute Gasteiger partial charge is 0.400 e. The van der Waals surface area contributed by atoms with Crippen molar-refractivity contribution >= 4 is 34.2 Å². The molecule has 0 aliphatic carbocycles.